The maximum absolute atomic E-state index is 12.2. The van der Waals surface area contributed by atoms with Crippen molar-refractivity contribution in [3.63, 3.8) is 0 Å². The Balaban J connectivity index is 1.98. The molecule has 2 aromatic heterocycles. The van der Waals surface area contributed by atoms with E-state index in [0.717, 1.165) is 0 Å². The molecule has 0 radical (unpaired) electrons. The summed E-state index contributed by atoms with van der Waals surface area (Å²) in [6.45, 7) is -0.754. The number of amides is 2. The molecule has 0 bridgehead atoms. The van der Waals surface area contributed by atoms with E-state index in [1.807, 2.05) is 4.98 Å². The summed E-state index contributed by atoms with van der Waals surface area (Å²) in [6, 6.07) is -2.13. The molecular formula is C13H16ClN7O7. The number of ether oxygens (including phenoxy) is 1. The van der Waals surface area contributed by atoms with Gasteiger partial charge in [-0.05, 0) is 0 Å². The number of carbonyl (C=O) groups is 1. The summed E-state index contributed by atoms with van der Waals surface area (Å²) in [6.07, 6.45) is -2.47. The lowest BCUT2D eigenvalue weighted by Crippen LogP contribution is -2.50. The van der Waals surface area contributed by atoms with Crippen LogP contribution in [0.3, 0.4) is 0 Å². The van der Waals surface area contributed by atoms with E-state index in [-0.39, 0.29) is 23.6 Å². The fourth-order valence-corrected chi connectivity index (χ4v) is 3.07. The summed E-state index contributed by atoms with van der Waals surface area (Å²) in [7, 11) is 0. The topological polar surface area (TPSA) is 195 Å². The largest absolute Gasteiger partial charge is 0.394 e. The van der Waals surface area contributed by atoms with E-state index in [2.05, 4.69) is 20.6 Å². The number of aliphatic hydroxyl groups is 2. The van der Waals surface area contributed by atoms with Crippen LogP contribution in [-0.2, 0) is 4.74 Å². The molecule has 0 aliphatic carbocycles. The first-order valence-corrected chi connectivity index (χ1v) is 8.55. The zero-order valence-electron chi connectivity index (χ0n) is 14.1. The maximum atomic E-state index is 12.2. The van der Waals surface area contributed by atoms with Gasteiger partial charge in [-0.15, -0.1) is 16.5 Å². The number of carbonyl (C=O) groups excluding carboxylic acids is 1. The number of fused-ring (bicyclic) bond motifs is 1. The predicted octanol–water partition coefficient (Wildman–Crippen LogP) is -2.04. The van der Waals surface area contributed by atoms with Gasteiger partial charge in [-0.25, -0.2) is 14.6 Å². The zero-order valence-corrected chi connectivity index (χ0v) is 14.9. The highest BCUT2D eigenvalue weighted by Gasteiger charge is 2.46. The first-order valence-electron chi connectivity index (χ1n) is 8.02. The minimum atomic E-state index is -1.38. The van der Waals surface area contributed by atoms with E-state index in [1.54, 1.807) is 0 Å². The molecule has 1 aliphatic heterocycles. The molecule has 28 heavy (non-hydrogen) atoms. The average molecular weight is 418 g/mol. The van der Waals surface area contributed by atoms with Crippen LogP contribution < -0.4 is 16.6 Å². The number of alkyl halides is 1. The molecule has 1 fully saturated rings. The van der Waals surface area contributed by atoms with Crippen molar-refractivity contribution >= 4 is 28.8 Å². The minimum absolute atomic E-state index is 0.0186. The van der Waals surface area contributed by atoms with Gasteiger partial charge in [-0.3, -0.25) is 19.3 Å². The van der Waals surface area contributed by atoms with Crippen LogP contribution in [0.1, 0.15) is 6.23 Å². The number of nitroso groups, excluding NO2 is 1. The molecule has 0 unspecified atom stereocenters. The Kier molecular flexibility index (Phi) is 5.73. The molecule has 0 spiro atoms. The number of aromatic amines is 2. The number of rotatable bonds is 6. The molecule has 3 rings (SSSR count). The molecule has 152 valence electrons. The monoisotopic (exact) mass is 417 g/mol. The lowest BCUT2D eigenvalue weighted by atomic mass is 10.1. The zero-order chi connectivity index (χ0) is 20.4. The predicted molar refractivity (Wildman–Crippen MR) is 93.5 cm³/mol. The average Bonchev–Trinajstić information content (AvgIpc) is 3.21. The number of nitrogens with one attached hydrogen (secondary N) is 3. The second-order valence-corrected chi connectivity index (χ2v) is 6.24. The molecule has 0 aromatic carbocycles. The van der Waals surface area contributed by atoms with Gasteiger partial charge in [0.2, 0.25) is 0 Å². The van der Waals surface area contributed by atoms with Crippen LogP contribution >= 0.6 is 11.6 Å². The van der Waals surface area contributed by atoms with E-state index in [4.69, 9.17) is 16.3 Å². The summed E-state index contributed by atoms with van der Waals surface area (Å²) in [5, 5.41) is 25.3. The fraction of sp³-hybridized carbons (Fsp3) is 0.538. The lowest BCUT2D eigenvalue weighted by Gasteiger charge is -2.24. The normalized spacial score (nSPS) is 24.4. The molecular weight excluding hydrogens is 402 g/mol. The first-order chi connectivity index (χ1) is 13.4. The Morgan fingerprint density at radius 3 is 2.86 bits per heavy atom. The molecule has 2 aromatic rings. The van der Waals surface area contributed by atoms with Gasteiger partial charge in [0.1, 0.15) is 23.9 Å². The highest BCUT2D eigenvalue weighted by Crippen LogP contribution is 2.31. The number of imidazole rings is 1. The molecule has 1 saturated heterocycles. The van der Waals surface area contributed by atoms with E-state index in [1.165, 1.54) is 10.9 Å². The standard InChI is InChI=1S/C13H16ClN7O7/c14-1-2-21(19-27)13(26)16-6-8(23)5(3-22)28-11(6)20-4-15-7-9(20)17-12(25)18-10(7)24/h4-6,8,11,22-23H,1-3H2,(H,16,26)(H2,17,18,24,25)/t5-,6-,8-,11-/m1/s1. The highest BCUT2D eigenvalue weighted by atomic mass is 35.5. The van der Waals surface area contributed by atoms with Crippen LogP contribution in [0, 0.1) is 4.91 Å². The number of halogens is 1. The van der Waals surface area contributed by atoms with E-state index in [9.17, 15) is 29.5 Å². The number of aliphatic hydroxyl groups excluding tert-OH is 2. The van der Waals surface area contributed by atoms with Gasteiger partial charge in [0, 0.05) is 5.88 Å². The van der Waals surface area contributed by atoms with Crippen molar-refractivity contribution in [1.29, 1.82) is 0 Å². The van der Waals surface area contributed by atoms with Crippen molar-refractivity contribution in [2.75, 3.05) is 19.0 Å². The first kappa shape index (κ1) is 19.9. The van der Waals surface area contributed by atoms with Gasteiger partial charge in [-0.2, -0.15) is 5.01 Å². The molecule has 3 heterocycles. The third-order valence-corrected chi connectivity index (χ3v) is 4.38. The van der Waals surface area contributed by atoms with Crippen LogP contribution in [0.2, 0.25) is 0 Å². The lowest BCUT2D eigenvalue weighted by molar-refractivity contribution is -0.0440. The van der Waals surface area contributed by atoms with E-state index < -0.39 is 48.4 Å². The number of urea groups is 1. The molecule has 2 amide bonds. The smallest absolute Gasteiger partial charge is 0.340 e. The summed E-state index contributed by atoms with van der Waals surface area (Å²) in [4.78, 5) is 54.8. The molecule has 14 nitrogen and oxygen atoms in total. The van der Waals surface area contributed by atoms with Gasteiger partial charge < -0.3 is 20.3 Å². The van der Waals surface area contributed by atoms with Gasteiger partial charge in [0.15, 0.2) is 11.7 Å². The minimum Gasteiger partial charge on any atom is -0.394 e. The third-order valence-electron chi connectivity index (χ3n) is 4.21. The molecule has 15 heteroatoms. The Bertz CT molecular complexity index is 988. The number of aromatic nitrogens is 4. The third kappa shape index (κ3) is 3.49. The number of hydrogen-bond acceptors (Lipinski definition) is 9. The molecule has 5 N–H and O–H groups in total. The van der Waals surface area contributed by atoms with Crippen molar-refractivity contribution in [1.82, 2.24) is 29.8 Å². The van der Waals surface area contributed by atoms with Gasteiger partial charge in [0.05, 0.1) is 24.8 Å². The van der Waals surface area contributed by atoms with Crippen molar-refractivity contribution in [3.05, 3.63) is 32.1 Å². The van der Waals surface area contributed by atoms with E-state index in [0.29, 0.717) is 5.01 Å². The number of H-pyrrole nitrogens is 2. The van der Waals surface area contributed by atoms with E-state index >= 15 is 0 Å². The summed E-state index contributed by atoms with van der Waals surface area (Å²) in [5.74, 6) is -0.0538. The maximum Gasteiger partial charge on any atom is 0.340 e. The number of nitrogens with zero attached hydrogens (tertiary/aromatic N) is 4. The molecule has 4 atom stereocenters. The SMILES string of the molecule is O=NN(CCCl)C(=O)N[C@@H]1[C@H](O)[C@@H](CO)O[C@H]1n1cnc2c(=O)[nH]c(=O)[nH]c21. The quantitative estimate of drug-likeness (QED) is 0.201. The van der Waals surface area contributed by atoms with Crippen LogP contribution in [0.4, 0.5) is 4.79 Å². The van der Waals surface area contributed by atoms with Gasteiger partial charge in [0.25, 0.3) is 5.56 Å². The van der Waals surface area contributed by atoms with Crippen LogP contribution in [0.15, 0.2) is 21.2 Å². The Morgan fingerprint density at radius 1 is 1.46 bits per heavy atom. The van der Waals surface area contributed by atoms with Crippen molar-refractivity contribution in [2.45, 2.75) is 24.5 Å². The summed E-state index contributed by atoms with van der Waals surface area (Å²) in [5.41, 5.74) is -1.66. The molecule has 0 saturated carbocycles. The Morgan fingerprint density at radius 2 is 2.21 bits per heavy atom. The summed E-state index contributed by atoms with van der Waals surface area (Å²) >= 11 is 5.51. The van der Waals surface area contributed by atoms with Gasteiger partial charge >= 0.3 is 11.7 Å². The summed E-state index contributed by atoms with van der Waals surface area (Å²) < 4.78 is 6.78. The van der Waals surface area contributed by atoms with Crippen molar-refractivity contribution in [3.8, 4) is 0 Å². The Labute approximate surface area is 160 Å². The van der Waals surface area contributed by atoms with Crippen molar-refractivity contribution < 1.29 is 19.7 Å². The van der Waals surface area contributed by atoms with Gasteiger partial charge in [-0.1, -0.05) is 0 Å². The van der Waals surface area contributed by atoms with Crippen molar-refractivity contribution in [2.24, 2.45) is 5.29 Å². The second kappa shape index (κ2) is 8.05. The molecule has 1 aliphatic rings. The fourth-order valence-electron chi connectivity index (χ4n) is 2.91. The second-order valence-electron chi connectivity index (χ2n) is 5.86. The van der Waals surface area contributed by atoms with Crippen LogP contribution in [0.25, 0.3) is 11.2 Å². The van der Waals surface area contributed by atoms with Crippen LogP contribution in [0.5, 0.6) is 0 Å². The highest BCUT2D eigenvalue weighted by molar-refractivity contribution is 6.18. The number of hydrogen-bond donors (Lipinski definition) is 5. The van der Waals surface area contributed by atoms with Crippen LogP contribution in [-0.4, -0.2) is 78.1 Å². The Hall–Kier alpha value is -2.81.